The first-order valence-corrected chi connectivity index (χ1v) is 9.10. The summed E-state index contributed by atoms with van der Waals surface area (Å²) < 4.78 is 43.4. The van der Waals surface area contributed by atoms with Crippen LogP contribution in [0, 0.1) is 11.8 Å². The lowest BCUT2D eigenvalue weighted by Crippen LogP contribution is -2.44. The number of pyridine rings is 1. The van der Waals surface area contributed by atoms with E-state index in [0.717, 1.165) is 44.6 Å². The van der Waals surface area contributed by atoms with Gasteiger partial charge in [-0.1, -0.05) is 0 Å². The van der Waals surface area contributed by atoms with Gasteiger partial charge in [-0.25, -0.2) is 4.98 Å². The Bertz CT molecular complexity index is 659. The Balaban J connectivity index is 1.43. The van der Waals surface area contributed by atoms with Gasteiger partial charge >= 0.3 is 6.18 Å². The van der Waals surface area contributed by atoms with Crippen molar-refractivity contribution in [2.24, 2.45) is 11.8 Å². The van der Waals surface area contributed by atoms with Crippen molar-refractivity contribution in [1.82, 2.24) is 9.88 Å². The van der Waals surface area contributed by atoms with E-state index < -0.39 is 11.7 Å². The maximum atomic E-state index is 12.9. The Labute approximate surface area is 150 Å². The van der Waals surface area contributed by atoms with Crippen LogP contribution in [0.1, 0.15) is 24.8 Å². The number of alkyl halides is 3. The van der Waals surface area contributed by atoms with Crippen LogP contribution in [-0.2, 0) is 15.7 Å². The number of anilines is 1. The number of halogens is 3. The number of likely N-dealkylation sites (tertiary alicyclic amines) is 1. The average molecular weight is 369 g/mol. The molecular weight excluding hydrogens is 347 g/mol. The van der Waals surface area contributed by atoms with Crippen LogP contribution in [0.2, 0.25) is 0 Å². The van der Waals surface area contributed by atoms with Gasteiger partial charge in [0.25, 0.3) is 0 Å². The molecule has 142 valence electrons. The number of fused-ring (bicyclic) bond motifs is 1. The van der Waals surface area contributed by atoms with Crippen LogP contribution >= 0.6 is 0 Å². The molecule has 2 atom stereocenters. The summed E-state index contributed by atoms with van der Waals surface area (Å²) in [7, 11) is 0. The molecule has 4 rings (SSSR count). The summed E-state index contributed by atoms with van der Waals surface area (Å²) >= 11 is 0. The minimum Gasteiger partial charge on any atom is -0.381 e. The maximum absolute atomic E-state index is 12.9. The van der Waals surface area contributed by atoms with Gasteiger partial charge in [0.1, 0.15) is 5.82 Å². The number of carbonyl (C=O) groups is 1. The molecule has 8 heteroatoms. The van der Waals surface area contributed by atoms with Gasteiger partial charge in [-0.3, -0.25) is 4.79 Å². The van der Waals surface area contributed by atoms with Gasteiger partial charge in [-0.05, 0) is 31.4 Å². The fraction of sp³-hybridized carbons (Fsp3) is 0.667. The van der Waals surface area contributed by atoms with Crippen molar-refractivity contribution in [3.05, 3.63) is 23.9 Å². The van der Waals surface area contributed by atoms with E-state index >= 15 is 0 Å². The van der Waals surface area contributed by atoms with Crippen molar-refractivity contribution in [3.8, 4) is 0 Å². The highest BCUT2D eigenvalue weighted by molar-refractivity contribution is 5.80. The molecule has 1 aromatic rings. The fourth-order valence-electron chi connectivity index (χ4n) is 4.34. The van der Waals surface area contributed by atoms with Gasteiger partial charge in [0, 0.05) is 50.9 Å². The molecule has 1 amide bonds. The first-order chi connectivity index (χ1) is 12.4. The third-order valence-corrected chi connectivity index (χ3v) is 5.80. The third-order valence-electron chi connectivity index (χ3n) is 5.80. The number of rotatable bonds is 2. The highest BCUT2D eigenvalue weighted by Crippen LogP contribution is 2.36. The summed E-state index contributed by atoms with van der Waals surface area (Å²) in [5.41, 5.74) is -0.739. The summed E-state index contributed by atoms with van der Waals surface area (Å²) in [6, 6.07) is 2.63. The lowest BCUT2D eigenvalue weighted by Gasteiger charge is -2.30. The van der Waals surface area contributed by atoms with Crippen molar-refractivity contribution in [3.63, 3.8) is 0 Å². The normalized spacial score (nSPS) is 27.0. The third kappa shape index (κ3) is 3.26. The molecule has 2 unspecified atom stereocenters. The molecule has 3 saturated heterocycles. The minimum atomic E-state index is -4.38. The molecule has 4 heterocycles. The van der Waals surface area contributed by atoms with E-state index in [1.807, 2.05) is 9.80 Å². The predicted octanol–water partition coefficient (Wildman–Crippen LogP) is 2.56. The number of hydrogen-bond acceptors (Lipinski definition) is 4. The van der Waals surface area contributed by atoms with Gasteiger partial charge in [-0.2, -0.15) is 13.2 Å². The first kappa shape index (κ1) is 17.6. The van der Waals surface area contributed by atoms with Gasteiger partial charge in [-0.15, -0.1) is 0 Å². The number of amides is 1. The molecule has 0 aromatic carbocycles. The van der Waals surface area contributed by atoms with Gasteiger partial charge in [0.05, 0.1) is 11.6 Å². The van der Waals surface area contributed by atoms with E-state index in [4.69, 9.17) is 4.74 Å². The molecule has 26 heavy (non-hydrogen) atoms. The van der Waals surface area contributed by atoms with E-state index in [1.54, 1.807) is 0 Å². The fourth-order valence-corrected chi connectivity index (χ4v) is 4.34. The summed E-state index contributed by atoms with van der Waals surface area (Å²) in [5.74, 6) is 1.16. The Hall–Kier alpha value is -1.83. The topological polar surface area (TPSA) is 45.7 Å². The van der Waals surface area contributed by atoms with Crippen LogP contribution in [0.3, 0.4) is 0 Å². The van der Waals surface area contributed by atoms with Crippen LogP contribution in [0.15, 0.2) is 18.3 Å². The smallest absolute Gasteiger partial charge is 0.381 e. The van der Waals surface area contributed by atoms with Crippen LogP contribution in [0.4, 0.5) is 19.0 Å². The van der Waals surface area contributed by atoms with Crippen LogP contribution < -0.4 is 4.90 Å². The van der Waals surface area contributed by atoms with Gasteiger partial charge in [0.2, 0.25) is 5.91 Å². The Morgan fingerprint density at radius 3 is 2.58 bits per heavy atom. The summed E-state index contributed by atoms with van der Waals surface area (Å²) in [6.07, 6.45) is -1.00. The molecule has 0 N–H and O–H groups in total. The minimum absolute atomic E-state index is 0.0424. The lowest BCUT2D eigenvalue weighted by molar-refractivity contribution is -0.139. The maximum Gasteiger partial charge on any atom is 0.417 e. The monoisotopic (exact) mass is 369 g/mol. The Kier molecular flexibility index (Phi) is 4.54. The number of ether oxygens (including phenoxy) is 1. The second-order valence-electron chi connectivity index (χ2n) is 7.34. The number of nitrogens with zero attached hydrogens (tertiary/aromatic N) is 3. The van der Waals surface area contributed by atoms with E-state index in [1.165, 1.54) is 6.07 Å². The second-order valence-corrected chi connectivity index (χ2v) is 7.34. The van der Waals surface area contributed by atoms with E-state index in [0.29, 0.717) is 31.5 Å². The Morgan fingerprint density at radius 1 is 1.15 bits per heavy atom. The highest BCUT2D eigenvalue weighted by atomic mass is 19.4. The van der Waals surface area contributed by atoms with Crippen molar-refractivity contribution in [2.75, 3.05) is 37.7 Å². The highest BCUT2D eigenvalue weighted by Gasteiger charge is 2.45. The number of aromatic nitrogens is 1. The predicted molar refractivity (Wildman–Crippen MR) is 88.6 cm³/mol. The average Bonchev–Trinajstić information content (AvgIpc) is 3.22. The van der Waals surface area contributed by atoms with Crippen molar-refractivity contribution >= 4 is 11.7 Å². The zero-order chi connectivity index (χ0) is 18.3. The van der Waals surface area contributed by atoms with Crippen molar-refractivity contribution in [1.29, 1.82) is 0 Å². The first-order valence-electron chi connectivity index (χ1n) is 9.10. The molecular formula is C18H22F3N3O2. The van der Waals surface area contributed by atoms with Crippen molar-refractivity contribution < 1.29 is 22.7 Å². The second kappa shape index (κ2) is 6.72. The molecule has 3 fully saturated rings. The van der Waals surface area contributed by atoms with Crippen LogP contribution in [0.5, 0.6) is 0 Å². The summed E-state index contributed by atoms with van der Waals surface area (Å²) in [5, 5.41) is 0. The molecule has 3 aliphatic rings. The van der Waals surface area contributed by atoms with E-state index in [2.05, 4.69) is 4.98 Å². The van der Waals surface area contributed by atoms with Gasteiger partial charge < -0.3 is 14.5 Å². The van der Waals surface area contributed by atoms with Gasteiger partial charge in [0.15, 0.2) is 0 Å². The molecule has 1 aromatic heterocycles. The lowest BCUT2D eigenvalue weighted by atomic mass is 9.98. The molecule has 0 radical (unpaired) electrons. The standard InChI is InChI=1S/C18H22F3N3O2/c19-18(20,21)14-1-2-16(22-9-14)23-10-13-3-6-24(15(13)11-23)17(25)12-4-7-26-8-5-12/h1-2,9,12-13,15H,3-8,10-11H2. The molecule has 3 aliphatic heterocycles. The summed E-state index contributed by atoms with van der Waals surface area (Å²) in [4.78, 5) is 20.8. The SMILES string of the molecule is O=C(C1CCOCC1)N1CCC2CN(c3ccc(C(F)(F)F)cn3)CC21. The van der Waals surface area contributed by atoms with E-state index in [-0.39, 0.29) is 17.9 Å². The molecule has 0 bridgehead atoms. The van der Waals surface area contributed by atoms with Crippen LogP contribution in [0.25, 0.3) is 0 Å². The zero-order valence-electron chi connectivity index (χ0n) is 14.4. The number of hydrogen-bond donors (Lipinski definition) is 0. The van der Waals surface area contributed by atoms with Crippen LogP contribution in [-0.4, -0.2) is 54.7 Å². The molecule has 0 aliphatic carbocycles. The number of carbonyl (C=O) groups excluding carboxylic acids is 1. The molecule has 0 spiro atoms. The summed E-state index contributed by atoms with van der Waals surface area (Å²) in [6.45, 7) is 3.43. The quantitative estimate of drug-likeness (QED) is 0.804. The molecule has 5 nitrogen and oxygen atoms in total. The molecule has 0 saturated carbocycles. The van der Waals surface area contributed by atoms with Crippen molar-refractivity contribution in [2.45, 2.75) is 31.5 Å². The Morgan fingerprint density at radius 2 is 1.92 bits per heavy atom. The zero-order valence-corrected chi connectivity index (χ0v) is 14.4. The largest absolute Gasteiger partial charge is 0.417 e. The van der Waals surface area contributed by atoms with E-state index in [9.17, 15) is 18.0 Å².